The Bertz CT molecular complexity index is 3580. The fourth-order valence-corrected chi connectivity index (χ4v) is 11.0. The Kier molecular flexibility index (Phi) is 25.8. The number of methoxy groups -OCH3 is 1. The van der Waals surface area contributed by atoms with Crippen LogP contribution in [0.4, 0.5) is 33.2 Å². The summed E-state index contributed by atoms with van der Waals surface area (Å²) < 4.78 is 52.3. The molecule has 0 spiro atoms. The van der Waals surface area contributed by atoms with Gasteiger partial charge in [-0.1, -0.05) is 35.9 Å². The second-order valence-electron chi connectivity index (χ2n) is 22.1. The van der Waals surface area contributed by atoms with Crippen molar-refractivity contribution in [3.63, 3.8) is 0 Å². The average Bonchev–Trinajstić information content (AvgIpc) is 1.59. The smallest absolute Gasteiger partial charge is 0.325 e. The summed E-state index contributed by atoms with van der Waals surface area (Å²) >= 11 is 6.41. The summed E-state index contributed by atoms with van der Waals surface area (Å²) in [5.74, 6) is -1.26. The number of carbonyl (C=O) groups is 5. The first kappa shape index (κ1) is 68.0. The number of ether oxygens (including phenoxy) is 6. The van der Waals surface area contributed by atoms with Crippen LogP contribution in [0.5, 0.6) is 0 Å². The fraction of sp³-hybridized carbons (Fsp3) is 0.453. The van der Waals surface area contributed by atoms with Gasteiger partial charge in [-0.3, -0.25) is 43.1 Å². The topological polar surface area (TPSA) is 284 Å². The van der Waals surface area contributed by atoms with Gasteiger partial charge in [0.15, 0.2) is 5.82 Å². The third kappa shape index (κ3) is 19.8. The van der Waals surface area contributed by atoms with Crippen LogP contribution < -0.4 is 36.8 Å². The van der Waals surface area contributed by atoms with E-state index in [0.717, 1.165) is 75.5 Å². The number of hydrogen-bond acceptors (Lipinski definition) is 20. The van der Waals surface area contributed by atoms with Crippen molar-refractivity contribution in [1.29, 1.82) is 0 Å². The van der Waals surface area contributed by atoms with Gasteiger partial charge in [0.25, 0.3) is 5.91 Å². The lowest BCUT2D eigenvalue weighted by Crippen LogP contribution is -2.47. The molecule has 0 atom stereocenters. The number of aromatic nitrogens is 6. The summed E-state index contributed by atoms with van der Waals surface area (Å²) in [6, 6.07) is 24.0. The number of nitrogens with one attached hydrogen (secondary N) is 6. The number of para-hydroxylation sites is 1. The number of nitrogens with zero attached hydrogens (tertiary/aromatic N) is 9. The largest absolute Gasteiger partial charge is 0.468 e. The summed E-state index contributed by atoms with van der Waals surface area (Å²) in [7, 11) is 2.79. The van der Waals surface area contributed by atoms with Gasteiger partial charge in [-0.05, 0) is 98.9 Å². The van der Waals surface area contributed by atoms with E-state index in [9.17, 15) is 24.0 Å². The summed E-state index contributed by atoms with van der Waals surface area (Å²) in [4.78, 5) is 77.2. The number of esters is 1. The molecule has 5 heterocycles. The van der Waals surface area contributed by atoms with Crippen LogP contribution in [0.1, 0.15) is 28.9 Å². The molecule has 2 aliphatic heterocycles. The van der Waals surface area contributed by atoms with Gasteiger partial charge in [0, 0.05) is 80.6 Å². The first-order valence-corrected chi connectivity index (χ1v) is 31.2. The highest BCUT2D eigenvalue weighted by molar-refractivity contribution is 6.33. The summed E-state index contributed by atoms with van der Waals surface area (Å²) in [5, 5.41) is 27.8. The van der Waals surface area contributed by atoms with E-state index < -0.39 is 23.6 Å². The van der Waals surface area contributed by atoms with Gasteiger partial charge < -0.3 is 65.2 Å². The Hall–Kier alpha value is -8.41. The molecule has 9 rings (SSSR count). The normalized spacial score (nSPS) is 13.9. The van der Waals surface area contributed by atoms with E-state index in [4.69, 9.17) is 35.3 Å². The van der Waals surface area contributed by atoms with E-state index in [1.807, 2.05) is 41.1 Å². The zero-order valence-electron chi connectivity index (χ0n) is 52.2. The van der Waals surface area contributed by atoms with Crippen LogP contribution in [0, 0.1) is 18.7 Å². The molecule has 2 saturated heterocycles. The number of benzene rings is 4. The molecule has 492 valence electrons. The molecule has 4 aromatic carbocycles. The van der Waals surface area contributed by atoms with Crippen LogP contribution in [-0.2, 0) is 60.7 Å². The Morgan fingerprint density at radius 1 is 0.663 bits per heavy atom. The molecule has 0 bridgehead atoms. The highest BCUT2D eigenvalue weighted by Crippen LogP contribution is 2.36. The van der Waals surface area contributed by atoms with Crippen LogP contribution in [0.15, 0.2) is 91.3 Å². The van der Waals surface area contributed by atoms with E-state index in [2.05, 4.69) is 83.6 Å². The van der Waals surface area contributed by atoms with E-state index >= 15 is 4.39 Å². The van der Waals surface area contributed by atoms with Crippen molar-refractivity contribution in [1.82, 2.24) is 60.6 Å². The molecule has 4 amide bonds. The third-order valence-electron chi connectivity index (χ3n) is 15.7. The van der Waals surface area contributed by atoms with E-state index in [-0.39, 0.29) is 31.4 Å². The summed E-state index contributed by atoms with van der Waals surface area (Å²) in [6.07, 6.45) is 4.94. The molecule has 6 N–H and O–H groups in total. The minimum absolute atomic E-state index is 0.0539. The predicted octanol–water partition coefficient (Wildman–Crippen LogP) is 4.93. The van der Waals surface area contributed by atoms with Crippen molar-refractivity contribution in [2.45, 2.75) is 32.9 Å². The molecule has 92 heavy (non-hydrogen) atoms. The molecule has 2 aliphatic rings. The Balaban J connectivity index is 0.556. The molecule has 26 nitrogen and oxygen atoms in total. The quantitative estimate of drug-likeness (QED) is 0.0227. The van der Waals surface area contributed by atoms with Gasteiger partial charge >= 0.3 is 5.97 Å². The monoisotopic (exact) mass is 1290 g/mol. The SMILES string of the molecule is CNC(=O)c1ccccc1Nc1nc(Nc2ccc(N3CCN(CCOCCOCCOCCOCCOCCNC(=O)CN4CCC(Cn5ncc6cc(F)c(-c7cccc8c7c(C)nn8CC(=O)NCC(=O)NCC(=O)OC)cc65)CC4)CC3)cc2)ncc1Cl. The highest BCUT2D eigenvalue weighted by Gasteiger charge is 2.25. The standard InChI is InChI=1S/C64H81ClFN15O11/c1-44-61-49(8-6-10-55(61)81(76-44)43-59(84)69-39-57(82)70-40-60(85)87-3)51-36-56-46(35-53(51)66)37-72-80(56)41-45-15-18-78(19-16-45)42-58(83)68-17-25-88-27-29-90-31-33-92-34-32-91-30-28-89-26-24-77-20-22-79(23-21-77)48-13-11-47(12-14-48)73-64-71-38-52(65)62(75-64)74-54-9-5-4-7-50(54)63(86)67-2/h4-14,35-38,45H,15-34,39-43H2,1-3H3,(H,67,86)(H,68,83)(H,69,84)(H,70,82)(H2,71,73,74,75). The Labute approximate surface area is 538 Å². The molecule has 7 aromatic rings. The molecule has 0 unspecified atom stereocenters. The van der Waals surface area contributed by atoms with Crippen LogP contribution in [0.25, 0.3) is 32.9 Å². The Morgan fingerprint density at radius 2 is 1.34 bits per heavy atom. The number of halogens is 2. The molecular formula is C64H81ClFN15O11. The van der Waals surface area contributed by atoms with Gasteiger partial charge in [0.1, 0.15) is 23.9 Å². The molecule has 0 aliphatic carbocycles. The number of piperidine rings is 1. The van der Waals surface area contributed by atoms with Gasteiger partial charge in [-0.2, -0.15) is 15.2 Å². The van der Waals surface area contributed by atoms with Crippen molar-refractivity contribution in [3.8, 4) is 11.1 Å². The van der Waals surface area contributed by atoms with Crippen molar-refractivity contribution >= 4 is 91.8 Å². The minimum atomic E-state index is -0.609. The lowest BCUT2D eigenvalue weighted by atomic mass is 9.96. The molecule has 0 saturated carbocycles. The third-order valence-corrected chi connectivity index (χ3v) is 16.0. The zero-order chi connectivity index (χ0) is 64.6. The number of likely N-dealkylation sites (tertiary alicyclic amines) is 1. The average molecular weight is 1290 g/mol. The molecule has 3 aromatic heterocycles. The number of carbonyl (C=O) groups excluding carboxylic acids is 5. The maximum atomic E-state index is 15.9. The fourth-order valence-electron chi connectivity index (χ4n) is 10.8. The van der Waals surface area contributed by atoms with Crippen LogP contribution in [-0.4, -0.2) is 221 Å². The summed E-state index contributed by atoms with van der Waals surface area (Å²) in [6.45, 7) is 13.0. The maximum Gasteiger partial charge on any atom is 0.325 e. The van der Waals surface area contributed by atoms with Crippen molar-refractivity contribution in [2.75, 3.05) is 168 Å². The number of anilines is 5. The van der Waals surface area contributed by atoms with Crippen molar-refractivity contribution in [2.24, 2.45) is 5.92 Å². The number of piperazine rings is 1. The van der Waals surface area contributed by atoms with Crippen molar-refractivity contribution < 1.29 is 56.8 Å². The number of amides is 4. The van der Waals surface area contributed by atoms with Gasteiger partial charge in [-0.15, -0.1) is 0 Å². The second kappa shape index (κ2) is 34.9. The number of rotatable bonds is 35. The van der Waals surface area contributed by atoms with Crippen molar-refractivity contribution in [3.05, 3.63) is 113 Å². The molecule has 28 heteroatoms. The van der Waals surface area contributed by atoms with Gasteiger partial charge in [-0.25, -0.2) is 9.37 Å². The second-order valence-corrected chi connectivity index (χ2v) is 22.5. The van der Waals surface area contributed by atoms with E-state index in [1.165, 1.54) is 24.1 Å². The van der Waals surface area contributed by atoms with E-state index in [0.29, 0.717) is 153 Å². The van der Waals surface area contributed by atoms with Crippen LogP contribution >= 0.6 is 11.6 Å². The molecule has 2 fully saturated rings. The molecule has 0 radical (unpaired) electrons. The van der Waals surface area contributed by atoms with Gasteiger partial charge in [0.05, 0.1) is 127 Å². The number of hydrogen-bond donors (Lipinski definition) is 6. The maximum absolute atomic E-state index is 15.9. The Morgan fingerprint density at radius 3 is 2.04 bits per heavy atom. The summed E-state index contributed by atoms with van der Waals surface area (Å²) in [5.41, 5.74) is 6.04. The van der Waals surface area contributed by atoms with E-state index in [1.54, 1.807) is 44.4 Å². The van der Waals surface area contributed by atoms with Crippen LogP contribution in [0.3, 0.4) is 0 Å². The minimum Gasteiger partial charge on any atom is -0.468 e. The molecular weight excluding hydrogens is 1210 g/mol. The highest BCUT2D eigenvalue weighted by atomic mass is 35.5. The lowest BCUT2D eigenvalue weighted by molar-refractivity contribution is -0.141. The first-order chi connectivity index (χ1) is 44.8. The first-order valence-electron chi connectivity index (χ1n) is 30.9. The predicted molar refractivity (Wildman–Crippen MR) is 346 cm³/mol. The van der Waals surface area contributed by atoms with Gasteiger partial charge in [0.2, 0.25) is 23.7 Å². The lowest BCUT2D eigenvalue weighted by Gasteiger charge is -2.36. The number of fused-ring (bicyclic) bond motifs is 2. The number of aryl methyl sites for hydroxylation is 1. The van der Waals surface area contributed by atoms with Crippen LogP contribution in [0.2, 0.25) is 5.02 Å². The zero-order valence-corrected chi connectivity index (χ0v) is 52.9.